The highest BCUT2D eigenvalue weighted by atomic mass is 19.1. The summed E-state index contributed by atoms with van der Waals surface area (Å²) in [6.07, 6.45) is 4.15. The lowest BCUT2D eigenvalue weighted by Gasteiger charge is -2.16. The Labute approximate surface area is 115 Å². The standard InChI is InChI=1S/C14H15FN2O3/c15-11-9-10(4-6-13(18)19)3-5-12(11)16-14(20)17-7-1-2-8-17/h3-6,9H,1-2,7-8H2,(H,16,20)(H,18,19). The van der Waals surface area contributed by atoms with Gasteiger partial charge < -0.3 is 15.3 Å². The lowest BCUT2D eigenvalue weighted by atomic mass is 10.2. The van der Waals surface area contributed by atoms with Crippen LogP contribution in [0.2, 0.25) is 0 Å². The number of anilines is 1. The van der Waals surface area contributed by atoms with Crippen molar-refractivity contribution in [2.45, 2.75) is 12.8 Å². The van der Waals surface area contributed by atoms with E-state index in [0.29, 0.717) is 18.7 Å². The van der Waals surface area contributed by atoms with E-state index in [1.165, 1.54) is 18.2 Å². The second kappa shape index (κ2) is 6.18. The fourth-order valence-corrected chi connectivity index (χ4v) is 2.02. The highest BCUT2D eigenvalue weighted by Gasteiger charge is 2.18. The molecule has 1 aliphatic rings. The van der Waals surface area contributed by atoms with E-state index in [1.807, 2.05) is 0 Å². The molecule has 0 radical (unpaired) electrons. The third kappa shape index (κ3) is 3.57. The number of carboxylic acids is 1. The average molecular weight is 278 g/mol. The number of nitrogens with one attached hydrogen (secondary N) is 1. The summed E-state index contributed by atoms with van der Waals surface area (Å²) < 4.78 is 13.8. The summed E-state index contributed by atoms with van der Waals surface area (Å²) in [6.45, 7) is 1.37. The predicted molar refractivity (Wildman–Crippen MR) is 72.9 cm³/mol. The molecule has 0 spiro atoms. The maximum atomic E-state index is 13.8. The zero-order valence-corrected chi connectivity index (χ0v) is 10.8. The lowest BCUT2D eigenvalue weighted by Crippen LogP contribution is -2.32. The number of halogens is 1. The number of amides is 2. The molecule has 20 heavy (non-hydrogen) atoms. The molecule has 1 heterocycles. The van der Waals surface area contributed by atoms with Crippen LogP contribution in [-0.4, -0.2) is 35.1 Å². The van der Waals surface area contributed by atoms with Gasteiger partial charge in [-0.05, 0) is 36.6 Å². The van der Waals surface area contributed by atoms with Crippen LogP contribution < -0.4 is 5.32 Å². The first-order chi connectivity index (χ1) is 9.56. The fourth-order valence-electron chi connectivity index (χ4n) is 2.02. The minimum atomic E-state index is -1.10. The SMILES string of the molecule is O=C(O)C=Cc1ccc(NC(=O)N2CCCC2)c(F)c1. The fraction of sp³-hybridized carbons (Fsp3) is 0.286. The normalized spacial score (nSPS) is 14.8. The van der Waals surface area contributed by atoms with Crippen molar-refractivity contribution in [1.82, 2.24) is 4.90 Å². The van der Waals surface area contributed by atoms with E-state index in [1.54, 1.807) is 11.0 Å². The number of carbonyl (C=O) groups is 2. The molecule has 106 valence electrons. The van der Waals surface area contributed by atoms with Crippen molar-refractivity contribution in [3.63, 3.8) is 0 Å². The van der Waals surface area contributed by atoms with Gasteiger partial charge in [-0.15, -0.1) is 0 Å². The van der Waals surface area contributed by atoms with E-state index in [-0.39, 0.29) is 11.7 Å². The molecule has 1 aromatic carbocycles. The van der Waals surface area contributed by atoms with Crippen LogP contribution in [-0.2, 0) is 4.79 Å². The molecule has 0 bridgehead atoms. The molecule has 0 aromatic heterocycles. The van der Waals surface area contributed by atoms with Crippen LogP contribution in [0.1, 0.15) is 18.4 Å². The van der Waals surface area contributed by atoms with Crippen LogP contribution in [0.3, 0.4) is 0 Å². The van der Waals surface area contributed by atoms with Crippen LogP contribution in [0.25, 0.3) is 6.08 Å². The summed E-state index contributed by atoms with van der Waals surface area (Å²) in [6, 6.07) is 3.83. The van der Waals surface area contributed by atoms with Crippen LogP contribution in [0.5, 0.6) is 0 Å². The summed E-state index contributed by atoms with van der Waals surface area (Å²) in [5.41, 5.74) is 0.512. The van der Waals surface area contributed by atoms with Gasteiger partial charge in [0.15, 0.2) is 0 Å². The van der Waals surface area contributed by atoms with E-state index in [0.717, 1.165) is 18.9 Å². The lowest BCUT2D eigenvalue weighted by molar-refractivity contribution is -0.131. The number of likely N-dealkylation sites (tertiary alicyclic amines) is 1. The second-order valence-electron chi connectivity index (χ2n) is 4.54. The van der Waals surface area contributed by atoms with Gasteiger partial charge in [0.25, 0.3) is 0 Å². The van der Waals surface area contributed by atoms with Gasteiger partial charge in [0, 0.05) is 19.2 Å². The number of nitrogens with zero attached hydrogens (tertiary/aromatic N) is 1. The van der Waals surface area contributed by atoms with Crippen LogP contribution in [0.15, 0.2) is 24.3 Å². The van der Waals surface area contributed by atoms with Crippen molar-refractivity contribution >= 4 is 23.8 Å². The molecule has 1 saturated heterocycles. The second-order valence-corrected chi connectivity index (χ2v) is 4.54. The number of carbonyl (C=O) groups excluding carboxylic acids is 1. The summed E-state index contributed by atoms with van der Waals surface area (Å²) in [5, 5.41) is 11.0. The number of hydrogen-bond acceptors (Lipinski definition) is 2. The van der Waals surface area contributed by atoms with Crippen molar-refractivity contribution in [3.05, 3.63) is 35.7 Å². The van der Waals surface area contributed by atoms with Crippen molar-refractivity contribution in [3.8, 4) is 0 Å². The summed E-state index contributed by atoms with van der Waals surface area (Å²) >= 11 is 0. The highest BCUT2D eigenvalue weighted by molar-refractivity contribution is 5.90. The van der Waals surface area contributed by atoms with Crippen molar-refractivity contribution in [1.29, 1.82) is 0 Å². The van der Waals surface area contributed by atoms with E-state index in [4.69, 9.17) is 5.11 Å². The Morgan fingerprint density at radius 2 is 2.00 bits per heavy atom. The Morgan fingerprint density at radius 3 is 2.60 bits per heavy atom. The van der Waals surface area contributed by atoms with Gasteiger partial charge in [-0.3, -0.25) is 0 Å². The average Bonchev–Trinajstić information content (AvgIpc) is 2.93. The van der Waals surface area contributed by atoms with Crippen molar-refractivity contribution < 1.29 is 19.1 Å². The largest absolute Gasteiger partial charge is 0.478 e. The minimum absolute atomic E-state index is 0.0920. The molecule has 2 rings (SSSR count). The quantitative estimate of drug-likeness (QED) is 0.835. The molecule has 1 aromatic rings. The van der Waals surface area contributed by atoms with E-state index in [2.05, 4.69) is 5.32 Å². The van der Waals surface area contributed by atoms with Crippen LogP contribution in [0.4, 0.5) is 14.9 Å². The predicted octanol–water partition coefficient (Wildman–Crippen LogP) is 2.55. The minimum Gasteiger partial charge on any atom is -0.478 e. The Hall–Kier alpha value is -2.37. The molecule has 6 heteroatoms. The summed E-state index contributed by atoms with van der Waals surface area (Å²) in [5.74, 6) is -1.69. The number of benzene rings is 1. The molecule has 1 aliphatic heterocycles. The van der Waals surface area contributed by atoms with Gasteiger partial charge >= 0.3 is 12.0 Å². The van der Waals surface area contributed by atoms with Gasteiger partial charge in [0.1, 0.15) is 5.82 Å². The summed E-state index contributed by atoms with van der Waals surface area (Å²) in [7, 11) is 0. The zero-order chi connectivity index (χ0) is 14.5. The molecular formula is C14H15FN2O3. The van der Waals surface area contributed by atoms with Crippen LogP contribution in [0, 0.1) is 5.82 Å². The molecule has 2 N–H and O–H groups in total. The zero-order valence-electron chi connectivity index (χ0n) is 10.8. The Kier molecular flexibility index (Phi) is 4.34. The molecule has 0 aliphatic carbocycles. The molecule has 0 saturated carbocycles. The van der Waals surface area contributed by atoms with Crippen molar-refractivity contribution in [2.24, 2.45) is 0 Å². The number of rotatable bonds is 3. The van der Waals surface area contributed by atoms with E-state index < -0.39 is 11.8 Å². The maximum absolute atomic E-state index is 13.8. The maximum Gasteiger partial charge on any atom is 0.328 e. The van der Waals surface area contributed by atoms with Gasteiger partial charge in [0.05, 0.1) is 5.69 Å². The van der Waals surface area contributed by atoms with Crippen LogP contribution >= 0.6 is 0 Å². The molecule has 0 unspecified atom stereocenters. The van der Waals surface area contributed by atoms with Crippen molar-refractivity contribution in [2.75, 3.05) is 18.4 Å². The monoisotopic (exact) mass is 278 g/mol. The summed E-state index contributed by atoms with van der Waals surface area (Å²) in [4.78, 5) is 23.8. The Morgan fingerprint density at radius 1 is 1.30 bits per heavy atom. The molecule has 1 fully saturated rings. The van der Waals surface area contributed by atoms with Gasteiger partial charge in [-0.25, -0.2) is 14.0 Å². The van der Waals surface area contributed by atoms with E-state index in [9.17, 15) is 14.0 Å². The third-order valence-electron chi connectivity index (χ3n) is 3.05. The smallest absolute Gasteiger partial charge is 0.328 e. The molecule has 2 amide bonds. The highest BCUT2D eigenvalue weighted by Crippen LogP contribution is 2.18. The van der Waals surface area contributed by atoms with E-state index >= 15 is 0 Å². The topological polar surface area (TPSA) is 69.6 Å². The Balaban J connectivity index is 2.05. The molecule has 0 atom stereocenters. The van der Waals surface area contributed by atoms with Gasteiger partial charge in [-0.1, -0.05) is 6.07 Å². The van der Waals surface area contributed by atoms with Gasteiger partial charge in [-0.2, -0.15) is 0 Å². The Bertz CT molecular complexity index is 551. The number of carboxylic acid groups (broad SMARTS) is 1. The first-order valence-electron chi connectivity index (χ1n) is 6.33. The molecule has 5 nitrogen and oxygen atoms in total. The number of hydrogen-bond donors (Lipinski definition) is 2. The first kappa shape index (κ1) is 14.0. The third-order valence-corrected chi connectivity index (χ3v) is 3.05. The number of aliphatic carboxylic acids is 1. The first-order valence-corrected chi connectivity index (χ1v) is 6.33. The number of urea groups is 1. The molecular weight excluding hydrogens is 263 g/mol. The van der Waals surface area contributed by atoms with Gasteiger partial charge in [0.2, 0.25) is 0 Å².